The molecule has 2 aromatic carbocycles. The van der Waals surface area contributed by atoms with E-state index in [-0.39, 0.29) is 6.17 Å². The molecule has 0 aromatic heterocycles. The highest BCUT2D eigenvalue weighted by Crippen LogP contribution is 2.36. The van der Waals surface area contributed by atoms with Crippen molar-refractivity contribution in [3.05, 3.63) is 57.2 Å². The Hall–Kier alpha value is -1.84. The van der Waals surface area contributed by atoms with Gasteiger partial charge in [-0.15, -0.1) is 0 Å². The fourth-order valence-corrected chi connectivity index (χ4v) is 5.44. The Balaban J connectivity index is 1.28. The van der Waals surface area contributed by atoms with Gasteiger partial charge in [0, 0.05) is 36.9 Å². The van der Waals surface area contributed by atoms with E-state index in [1.807, 2.05) is 12.1 Å². The summed E-state index contributed by atoms with van der Waals surface area (Å²) >= 11 is 2.20. The molecule has 6 nitrogen and oxygen atoms in total. The van der Waals surface area contributed by atoms with E-state index in [0.29, 0.717) is 11.8 Å². The van der Waals surface area contributed by atoms with Crippen LogP contribution >= 0.6 is 22.6 Å². The van der Waals surface area contributed by atoms with E-state index in [1.165, 1.54) is 24.8 Å². The molecule has 0 aliphatic carbocycles. The number of phenols is 1. The number of nitrogens with one attached hydrogen (secondary N) is 2. The highest BCUT2D eigenvalue weighted by Gasteiger charge is 2.29. The van der Waals surface area contributed by atoms with Crippen molar-refractivity contribution in [2.75, 3.05) is 31.5 Å². The van der Waals surface area contributed by atoms with E-state index in [9.17, 15) is 5.11 Å². The number of rotatable bonds is 4. The number of piperidine rings is 2. The Morgan fingerprint density at radius 3 is 2.53 bits per heavy atom. The lowest BCUT2D eigenvalue weighted by atomic mass is 10.0. The fraction of sp³-hybridized carbons (Fsp3) is 0.480. The number of hydrogen-bond donors (Lipinski definition) is 3. The van der Waals surface area contributed by atoms with Crippen LogP contribution in [0.4, 0.5) is 5.69 Å². The maximum atomic E-state index is 10.4. The van der Waals surface area contributed by atoms with Crippen molar-refractivity contribution < 1.29 is 5.11 Å². The van der Waals surface area contributed by atoms with Crippen molar-refractivity contribution in [1.29, 1.82) is 0 Å². The normalized spacial score (nSPS) is 22.2. The zero-order valence-electron chi connectivity index (χ0n) is 18.4. The molecule has 1 atom stereocenters. The topological polar surface area (TPSA) is 63.1 Å². The first-order chi connectivity index (χ1) is 15.7. The molecule has 32 heavy (non-hydrogen) atoms. The summed E-state index contributed by atoms with van der Waals surface area (Å²) in [4.78, 5) is 10.0. The lowest BCUT2D eigenvalue weighted by molar-refractivity contribution is 0.184. The standard InChI is InChI=1S/C25H32IN5O/c26-21-16-22-20(15-23(21)32)24(29-25(28-22)31-11-5-2-6-12-31)27-19-9-13-30(14-10-19)17-18-7-3-1-4-8-18/h1,3-4,7-8,15-16,19,24,27,32H,2,5-6,9-14,17H2,(H,28,29). The second-order valence-corrected chi connectivity index (χ2v) is 10.3. The fourth-order valence-electron chi connectivity index (χ4n) is 4.97. The number of fused-ring (bicyclic) bond motifs is 1. The predicted molar refractivity (Wildman–Crippen MR) is 138 cm³/mol. The molecular weight excluding hydrogens is 513 g/mol. The summed E-state index contributed by atoms with van der Waals surface area (Å²) in [6, 6.07) is 15.1. The Labute approximate surface area is 204 Å². The van der Waals surface area contributed by atoms with Gasteiger partial charge in [0.15, 0.2) is 5.96 Å². The van der Waals surface area contributed by atoms with Gasteiger partial charge in [-0.05, 0) is 85.5 Å². The summed E-state index contributed by atoms with van der Waals surface area (Å²) in [5, 5.41) is 17.7. The SMILES string of the molecule is Oc1cc2c(cc1I)NC(N1CCCCC1)=NC2NC1CCN(Cc2ccccc2)CC1. The average Bonchev–Trinajstić information content (AvgIpc) is 2.82. The second kappa shape index (κ2) is 9.97. The summed E-state index contributed by atoms with van der Waals surface area (Å²) in [6.45, 7) is 5.31. The van der Waals surface area contributed by atoms with Crippen molar-refractivity contribution in [3.8, 4) is 5.75 Å². The molecule has 0 spiro atoms. The van der Waals surface area contributed by atoms with E-state index in [4.69, 9.17) is 4.99 Å². The zero-order chi connectivity index (χ0) is 21.9. The van der Waals surface area contributed by atoms with Crippen LogP contribution in [-0.2, 0) is 6.54 Å². The number of likely N-dealkylation sites (tertiary alicyclic amines) is 2. The molecule has 3 aliphatic rings. The molecule has 170 valence electrons. The third-order valence-corrected chi connectivity index (χ3v) is 7.66. The molecular formula is C25H32IN5O. The summed E-state index contributed by atoms with van der Waals surface area (Å²) < 4.78 is 0.863. The van der Waals surface area contributed by atoms with Gasteiger partial charge in [0.2, 0.25) is 0 Å². The van der Waals surface area contributed by atoms with E-state index in [1.54, 1.807) is 0 Å². The number of guanidine groups is 1. The van der Waals surface area contributed by atoms with Crippen LogP contribution in [0.25, 0.3) is 0 Å². The Morgan fingerprint density at radius 1 is 1.03 bits per heavy atom. The number of anilines is 1. The van der Waals surface area contributed by atoms with E-state index < -0.39 is 0 Å². The molecule has 0 radical (unpaired) electrons. The zero-order valence-corrected chi connectivity index (χ0v) is 20.6. The molecule has 3 heterocycles. The Morgan fingerprint density at radius 2 is 1.78 bits per heavy atom. The molecule has 0 amide bonds. The van der Waals surface area contributed by atoms with Gasteiger partial charge >= 0.3 is 0 Å². The van der Waals surface area contributed by atoms with Gasteiger partial charge in [-0.25, -0.2) is 4.99 Å². The van der Waals surface area contributed by atoms with Crippen LogP contribution in [0.5, 0.6) is 5.75 Å². The van der Waals surface area contributed by atoms with E-state index in [0.717, 1.165) is 66.3 Å². The number of phenolic OH excluding ortho intramolecular Hbond substituents is 1. The first kappa shape index (κ1) is 22.0. The lowest BCUT2D eigenvalue weighted by Gasteiger charge is -2.37. The quantitative estimate of drug-likeness (QED) is 0.390. The Bertz CT molecular complexity index is 952. The van der Waals surface area contributed by atoms with Crippen molar-refractivity contribution in [2.24, 2.45) is 4.99 Å². The van der Waals surface area contributed by atoms with Crippen molar-refractivity contribution in [2.45, 2.75) is 50.9 Å². The molecule has 7 heteroatoms. The van der Waals surface area contributed by atoms with E-state index in [2.05, 4.69) is 73.4 Å². The van der Waals surface area contributed by atoms with Gasteiger partial charge in [-0.3, -0.25) is 10.2 Å². The summed E-state index contributed by atoms with van der Waals surface area (Å²) in [6.07, 6.45) is 5.83. The van der Waals surface area contributed by atoms with Gasteiger partial charge in [0.1, 0.15) is 11.9 Å². The lowest BCUT2D eigenvalue weighted by Crippen LogP contribution is -2.46. The van der Waals surface area contributed by atoms with Crippen molar-refractivity contribution in [1.82, 2.24) is 15.1 Å². The molecule has 3 aliphatic heterocycles. The number of hydrogen-bond acceptors (Lipinski definition) is 6. The largest absolute Gasteiger partial charge is 0.507 e. The van der Waals surface area contributed by atoms with Crippen LogP contribution < -0.4 is 10.6 Å². The minimum atomic E-state index is -0.128. The number of aromatic hydroxyl groups is 1. The number of benzene rings is 2. The van der Waals surface area contributed by atoms with Gasteiger partial charge in [0.25, 0.3) is 0 Å². The summed E-state index contributed by atoms with van der Waals surface area (Å²) in [5.74, 6) is 1.30. The number of aliphatic imine (C=N–C) groups is 1. The monoisotopic (exact) mass is 545 g/mol. The molecule has 2 saturated heterocycles. The number of halogens is 1. The molecule has 0 saturated carbocycles. The van der Waals surface area contributed by atoms with Crippen LogP contribution in [0.15, 0.2) is 47.5 Å². The molecule has 2 fully saturated rings. The minimum Gasteiger partial charge on any atom is -0.507 e. The van der Waals surface area contributed by atoms with Gasteiger partial charge in [-0.1, -0.05) is 30.3 Å². The maximum Gasteiger partial charge on any atom is 0.200 e. The molecule has 1 unspecified atom stereocenters. The smallest absolute Gasteiger partial charge is 0.200 e. The van der Waals surface area contributed by atoms with Gasteiger partial charge in [-0.2, -0.15) is 0 Å². The third kappa shape index (κ3) is 5.05. The minimum absolute atomic E-state index is 0.128. The predicted octanol–water partition coefficient (Wildman–Crippen LogP) is 4.52. The highest BCUT2D eigenvalue weighted by atomic mass is 127. The maximum absolute atomic E-state index is 10.4. The van der Waals surface area contributed by atoms with Crippen LogP contribution in [-0.4, -0.2) is 53.1 Å². The van der Waals surface area contributed by atoms with Gasteiger partial charge in [0.05, 0.1) is 3.57 Å². The molecule has 5 rings (SSSR count). The second-order valence-electron chi connectivity index (χ2n) is 9.12. The first-order valence-electron chi connectivity index (χ1n) is 11.8. The Kier molecular flexibility index (Phi) is 6.85. The molecule has 3 N–H and O–H groups in total. The van der Waals surface area contributed by atoms with Crippen LogP contribution in [0.3, 0.4) is 0 Å². The van der Waals surface area contributed by atoms with Crippen molar-refractivity contribution in [3.63, 3.8) is 0 Å². The highest BCUT2D eigenvalue weighted by molar-refractivity contribution is 14.1. The van der Waals surface area contributed by atoms with Crippen LogP contribution in [0.1, 0.15) is 49.4 Å². The molecule has 2 aromatic rings. The number of nitrogens with zero attached hydrogens (tertiary/aromatic N) is 3. The first-order valence-corrected chi connectivity index (χ1v) is 12.9. The third-order valence-electron chi connectivity index (χ3n) is 6.80. The average molecular weight is 545 g/mol. The van der Waals surface area contributed by atoms with Gasteiger partial charge < -0.3 is 15.3 Å². The molecule has 0 bridgehead atoms. The van der Waals surface area contributed by atoms with Crippen LogP contribution in [0.2, 0.25) is 0 Å². The van der Waals surface area contributed by atoms with E-state index >= 15 is 0 Å². The van der Waals surface area contributed by atoms with Crippen LogP contribution in [0, 0.1) is 3.57 Å². The summed E-state index contributed by atoms with van der Waals surface area (Å²) in [5.41, 5.74) is 3.48. The summed E-state index contributed by atoms with van der Waals surface area (Å²) in [7, 11) is 0. The van der Waals surface area contributed by atoms with Crippen molar-refractivity contribution >= 4 is 34.2 Å².